The molecule has 0 unspecified atom stereocenters. The minimum absolute atomic E-state index is 0.0743. The highest BCUT2D eigenvalue weighted by atomic mass is 32.2. The molecule has 0 radical (unpaired) electrons. The lowest BCUT2D eigenvalue weighted by Crippen LogP contribution is -2.47. The van der Waals surface area contributed by atoms with Gasteiger partial charge in [0.05, 0.1) is 11.5 Å². The number of amides is 1. The molecular weight excluding hydrogens is 354 g/mol. The van der Waals surface area contributed by atoms with Crippen molar-refractivity contribution < 1.29 is 17.9 Å². The van der Waals surface area contributed by atoms with E-state index in [9.17, 15) is 13.2 Å². The van der Waals surface area contributed by atoms with Gasteiger partial charge in [-0.15, -0.1) is 6.58 Å². The van der Waals surface area contributed by atoms with Crippen LogP contribution >= 0.6 is 0 Å². The Morgan fingerprint density at radius 1 is 1.38 bits per heavy atom. The van der Waals surface area contributed by atoms with Crippen LogP contribution in [0, 0.1) is 5.41 Å². The Balaban J connectivity index is 2.11. The minimum atomic E-state index is -3.72. The van der Waals surface area contributed by atoms with Crippen molar-refractivity contribution in [2.45, 2.75) is 17.7 Å². The van der Waals surface area contributed by atoms with E-state index in [4.69, 9.17) is 4.74 Å². The van der Waals surface area contributed by atoms with E-state index in [2.05, 4.69) is 21.9 Å². The summed E-state index contributed by atoms with van der Waals surface area (Å²) < 4.78 is 33.4. The summed E-state index contributed by atoms with van der Waals surface area (Å²) in [7, 11) is -2.09. The Hall–Kier alpha value is -1.74. The van der Waals surface area contributed by atoms with Gasteiger partial charge in [-0.2, -0.15) is 0 Å². The predicted octanol–water partition coefficient (Wildman–Crippen LogP) is 0.897. The summed E-state index contributed by atoms with van der Waals surface area (Å²) >= 11 is 0. The van der Waals surface area contributed by atoms with Crippen LogP contribution in [0.3, 0.4) is 0 Å². The molecule has 1 amide bonds. The number of carbonyl (C=O) groups is 1. The molecule has 1 aromatic rings. The van der Waals surface area contributed by atoms with Crippen LogP contribution in [0.1, 0.15) is 23.2 Å². The Morgan fingerprint density at radius 2 is 2.12 bits per heavy atom. The second kappa shape index (κ2) is 9.27. The van der Waals surface area contributed by atoms with E-state index < -0.39 is 10.0 Å². The van der Waals surface area contributed by atoms with Crippen molar-refractivity contribution in [3.05, 3.63) is 42.5 Å². The Bertz CT molecular complexity index is 722. The van der Waals surface area contributed by atoms with Crippen molar-refractivity contribution in [1.29, 1.82) is 0 Å². The molecule has 0 bridgehead atoms. The molecule has 1 aliphatic heterocycles. The first-order chi connectivity index (χ1) is 12.4. The summed E-state index contributed by atoms with van der Waals surface area (Å²) in [6, 6.07) is 6.01. The number of hydrogen-bond donors (Lipinski definition) is 3. The standard InChI is InChI=1S/C18H27N3O4S/c1-3-9-20-17(22)15-5-4-6-16(12-15)26(23,24)21-13-18(14-25-2)7-10-19-11-8-18/h3-6,12,19,21H,1,7-11,13-14H2,2H3,(H,20,22). The minimum Gasteiger partial charge on any atom is -0.384 e. The van der Waals surface area contributed by atoms with Gasteiger partial charge >= 0.3 is 0 Å². The van der Waals surface area contributed by atoms with Crippen LogP contribution in [0.25, 0.3) is 0 Å². The zero-order chi connectivity index (χ0) is 19.0. The third-order valence-electron chi connectivity index (χ3n) is 4.57. The summed E-state index contributed by atoms with van der Waals surface area (Å²) in [5, 5.41) is 5.92. The van der Waals surface area contributed by atoms with Gasteiger partial charge in [-0.05, 0) is 44.1 Å². The lowest BCUT2D eigenvalue weighted by atomic mass is 9.80. The fourth-order valence-electron chi connectivity index (χ4n) is 3.04. The fraction of sp³-hybridized carbons (Fsp3) is 0.500. The molecule has 8 heteroatoms. The van der Waals surface area contributed by atoms with Crippen molar-refractivity contribution >= 4 is 15.9 Å². The number of carbonyl (C=O) groups excluding carboxylic acids is 1. The zero-order valence-corrected chi connectivity index (χ0v) is 15.9. The average Bonchev–Trinajstić information content (AvgIpc) is 2.66. The predicted molar refractivity (Wildman–Crippen MR) is 101 cm³/mol. The summed E-state index contributed by atoms with van der Waals surface area (Å²) in [5.74, 6) is -0.337. The highest BCUT2D eigenvalue weighted by molar-refractivity contribution is 7.89. The van der Waals surface area contributed by atoms with E-state index in [-0.39, 0.29) is 16.2 Å². The normalized spacial score (nSPS) is 16.8. The van der Waals surface area contributed by atoms with E-state index in [0.717, 1.165) is 25.9 Å². The molecule has 1 aliphatic rings. The number of nitrogens with one attached hydrogen (secondary N) is 3. The van der Waals surface area contributed by atoms with Gasteiger partial charge in [0, 0.05) is 31.2 Å². The van der Waals surface area contributed by atoms with Crippen LogP contribution in [0.4, 0.5) is 0 Å². The first-order valence-electron chi connectivity index (χ1n) is 8.61. The number of methoxy groups -OCH3 is 1. The summed E-state index contributed by atoms with van der Waals surface area (Å²) in [6.07, 6.45) is 3.25. The SMILES string of the molecule is C=CCNC(=O)c1cccc(S(=O)(=O)NCC2(COC)CCNCC2)c1. The molecule has 0 saturated carbocycles. The van der Waals surface area contributed by atoms with Gasteiger partial charge in [0.15, 0.2) is 0 Å². The Labute approximate surface area is 155 Å². The number of rotatable bonds is 9. The lowest BCUT2D eigenvalue weighted by Gasteiger charge is -2.37. The Morgan fingerprint density at radius 3 is 2.77 bits per heavy atom. The van der Waals surface area contributed by atoms with Crippen molar-refractivity contribution in [3.63, 3.8) is 0 Å². The molecule has 7 nitrogen and oxygen atoms in total. The smallest absolute Gasteiger partial charge is 0.251 e. The highest BCUT2D eigenvalue weighted by Gasteiger charge is 2.33. The van der Waals surface area contributed by atoms with E-state index in [1.54, 1.807) is 25.3 Å². The maximum absolute atomic E-state index is 12.7. The van der Waals surface area contributed by atoms with E-state index in [1.807, 2.05) is 0 Å². The molecule has 144 valence electrons. The maximum Gasteiger partial charge on any atom is 0.251 e. The molecule has 0 spiro atoms. The van der Waals surface area contributed by atoms with Gasteiger partial charge in [0.2, 0.25) is 10.0 Å². The topological polar surface area (TPSA) is 96.5 Å². The number of piperidine rings is 1. The third kappa shape index (κ3) is 5.38. The number of sulfonamides is 1. The molecule has 1 heterocycles. The average molecular weight is 381 g/mol. The first kappa shape index (κ1) is 20.6. The van der Waals surface area contributed by atoms with Crippen molar-refractivity contribution in [3.8, 4) is 0 Å². The van der Waals surface area contributed by atoms with Gasteiger partial charge in [-0.3, -0.25) is 4.79 Å². The maximum atomic E-state index is 12.7. The molecule has 2 rings (SSSR count). The summed E-state index contributed by atoms with van der Waals surface area (Å²) in [4.78, 5) is 12.1. The quantitative estimate of drug-likeness (QED) is 0.552. The van der Waals surface area contributed by atoms with E-state index in [0.29, 0.717) is 25.3 Å². The Kier molecular flexibility index (Phi) is 7.33. The molecule has 1 fully saturated rings. The molecule has 26 heavy (non-hydrogen) atoms. The number of benzene rings is 1. The van der Waals surface area contributed by atoms with Crippen molar-refractivity contribution in [2.75, 3.05) is 39.9 Å². The van der Waals surface area contributed by atoms with Crippen molar-refractivity contribution in [1.82, 2.24) is 15.4 Å². The highest BCUT2D eigenvalue weighted by Crippen LogP contribution is 2.29. The molecule has 0 atom stereocenters. The van der Waals surface area contributed by atoms with Crippen LogP contribution in [0.2, 0.25) is 0 Å². The van der Waals surface area contributed by atoms with E-state index in [1.165, 1.54) is 12.1 Å². The lowest BCUT2D eigenvalue weighted by molar-refractivity contribution is 0.0577. The molecule has 1 aromatic carbocycles. The van der Waals surface area contributed by atoms with Gasteiger partial charge in [0.1, 0.15) is 0 Å². The van der Waals surface area contributed by atoms with Crippen molar-refractivity contribution in [2.24, 2.45) is 5.41 Å². The van der Waals surface area contributed by atoms with Crippen LogP contribution in [-0.4, -0.2) is 54.2 Å². The first-order valence-corrected chi connectivity index (χ1v) is 10.1. The summed E-state index contributed by atoms with van der Waals surface area (Å²) in [5.41, 5.74) is 0.0784. The van der Waals surface area contributed by atoms with Gasteiger partial charge in [0.25, 0.3) is 5.91 Å². The van der Waals surface area contributed by atoms with Crippen LogP contribution in [0.5, 0.6) is 0 Å². The van der Waals surface area contributed by atoms with Crippen LogP contribution < -0.4 is 15.4 Å². The number of hydrogen-bond acceptors (Lipinski definition) is 5. The van der Waals surface area contributed by atoms with Gasteiger partial charge in [-0.25, -0.2) is 13.1 Å². The molecule has 1 saturated heterocycles. The van der Waals surface area contributed by atoms with Crippen LogP contribution in [0.15, 0.2) is 41.8 Å². The molecule has 0 aromatic heterocycles. The molecular formula is C18H27N3O4S. The van der Waals surface area contributed by atoms with Crippen LogP contribution in [-0.2, 0) is 14.8 Å². The summed E-state index contributed by atoms with van der Waals surface area (Å²) in [6.45, 7) is 6.34. The van der Waals surface area contributed by atoms with Gasteiger partial charge in [-0.1, -0.05) is 12.1 Å². The van der Waals surface area contributed by atoms with Gasteiger partial charge < -0.3 is 15.4 Å². The second-order valence-corrected chi connectivity index (χ2v) is 8.30. The largest absolute Gasteiger partial charge is 0.384 e. The van der Waals surface area contributed by atoms with E-state index >= 15 is 0 Å². The fourth-order valence-corrected chi connectivity index (χ4v) is 4.24. The number of ether oxygens (including phenoxy) is 1. The molecule has 0 aliphatic carbocycles. The third-order valence-corrected chi connectivity index (χ3v) is 5.96. The molecule has 3 N–H and O–H groups in total. The monoisotopic (exact) mass is 381 g/mol. The second-order valence-electron chi connectivity index (χ2n) is 6.53. The zero-order valence-electron chi connectivity index (χ0n) is 15.1.